The highest BCUT2D eigenvalue weighted by Crippen LogP contribution is 2.39. The average molecular weight is 683 g/mol. The zero-order chi connectivity index (χ0) is 27.2. The number of benzene rings is 4. The molecule has 1 aliphatic heterocycles. The molecule has 0 N–H and O–H groups in total. The Morgan fingerprint density at radius 2 is 1.49 bits per heavy atom. The van der Waals surface area contributed by atoms with Crippen molar-refractivity contribution in [2.45, 2.75) is 19.7 Å². The van der Waals surface area contributed by atoms with E-state index in [-0.39, 0.29) is 5.91 Å². The summed E-state index contributed by atoms with van der Waals surface area (Å²) in [5.41, 5.74) is 3.90. The molecule has 0 bridgehead atoms. The smallest absolute Gasteiger partial charge is 0.267 e. The fraction of sp³-hybridized carbons (Fsp3) is 0.0968. The van der Waals surface area contributed by atoms with E-state index in [2.05, 4.69) is 31.9 Å². The Labute approximate surface area is 254 Å². The third-order valence-corrected chi connectivity index (χ3v) is 8.55. The SMILES string of the molecule is O=C1/C(=C\c2cc(Br)c(OCc3ccccc3Cl)c(Br)c2)SC(=NCc2ccccc2)N1Cc1ccccc1. The molecule has 1 amide bonds. The van der Waals surface area contributed by atoms with Crippen molar-refractivity contribution in [1.82, 2.24) is 4.90 Å². The Balaban J connectivity index is 1.39. The number of carbonyl (C=O) groups is 1. The number of carbonyl (C=O) groups excluding carboxylic acids is 1. The standard InChI is InChI=1S/C31H23Br2ClN2O2S/c32-25-15-23(16-26(33)29(25)38-20-24-13-7-8-14-27(24)34)17-28-30(37)36(19-22-11-5-2-6-12-22)31(39-28)35-18-21-9-3-1-4-10-21/h1-17H,18-20H2/b28-17+,35-31?. The normalized spacial score (nSPS) is 15.4. The van der Waals surface area contributed by atoms with E-state index in [0.29, 0.717) is 40.5 Å². The number of hydrogen-bond acceptors (Lipinski definition) is 4. The lowest BCUT2D eigenvalue weighted by molar-refractivity contribution is -0.122. The van der Waals surface area contributed by atoms with Crippen LogP contribution in [0.5, 0.6) is 5.75 Å². The van der Waals surface area contributed by atoms with Crippen molar-refractivity contribution in [3.05, 3.63) is 138 Å². The molecule has 1 aliphatic rings. The Bertz CT molecular complexity index is 1520. The molecule has 8 heteroatoms. The quantitative estimate of drug-likeness (QED) is 0.174. The summed E-state index contributed by atoms with van der Waals surface area (Å²) in [6.07, 6.45) is 1.89. The first-order chi connectivity index (χ1) is 19.0. The molecule has 4 nitrogen and oxygen atoms in total. The molecule has 0 radical (unpaired) electrons. The Kier molecular flexibility index (Phi) is 9.24. The Morgan fingerprint density at radius 1 is 0.872 bits per heavy atom. The molecule has 0 saturated carbocycles. The summed E-state index contributed by atoms with van der Waals surface area (Å²) >= 11 is 14.9. The molecule has 5 rings (SSSR count). The van der Waals surface area contributed by atoms with Crippen molar-refractivity contribution in [3.63, 3.8) is 0 Å². The zero-order valence-electron chi connectivity index (χ0n) is 20.7. The van der Waals surface area contributed by atoms with Crippen LogP contribution in [0.25, 0.3) is 6.08 Å². The van der Waals surface area contributed by atoms with Crippen LogP contribution in [-0.2, 0) is 24.5 Å². The summed E-state index contributed by atoms with van der Waals surface area (Å²) in [6, 6.07) is 31.5. The highest BCUT2D eigenvalue weighted by atomic mass is 79.9. The van der Waals surface area contributed by atoms with Crippen LogP contribution in [0.3, 0.4) is 0 Å². The summed E-state index contributed by atoms with van der Waals surface area (Å²) in [6.45, 7) is 1.30. The highest BCUT2D eigenvalue weighted by molar-refractivity contribution is 9.11. The maximum atomic E-state index is 13.6. The maximum absolute atomic E-state index is 13.6. The van der Waals surface area contributed by atoms with Gasteiger partial charge in [-0.05, 0) is 84.6 Å². The lowest BCUT2D eigenvalue weighted by Gasteiger charge is -2.15. The van der Waals surface area contributed by atoms with E-state index >= 15 is 0 Å². The van der Waals surface area contributed by atoms with Crippen LogP contribution >= 0.6 is 55.2 Å². The van der Waals surface area contributed by atoms with E-state index in [0.717, 1.165) is 31.2 Å². The largest absolute Gasteiger partial charge is 0.486 e. The predicted octanol–water partition coefficient (Wildman–Crippen LogP) is 9.12. The van der Waals surface area contributed by atoms with E-state index < -0.39 is 0 Å². The van der Waals surface area contributed by atoms with Gasteiger partial charge in [-0.2, -0.15) is 0 Å². The molecule has 0 spiro atoms. The molecule has 1 heterocycles. The van der Waals surface area contributed by atoms with Crippen LogP contribution in [0.1, 0.15) is 22.3 Å². The summed E-state index contributed by atoms with van der Waals surface area (Å²) in [5.74, 6) is 0.597. The Morgan fingerprint density at radius 3 is 2.15 bits per heavy atom. The van der Waals surface area contributed by atoms with Crippen molar-refractivity contribution in [2.75, 3.05) is 0 Å². The third kappa shape index (κ3) is 7.03. The number of thioether (sulfide) groups is 1. The minimum Gasteiger partial charge on any atom is -0.486 e. The zero-order valence-corrected chi connectivity index (χ0v) is 25.4. The average Bonchev–Trinajstić information content (AvgIpc) is 3.22. The van der Waals surface area contributed by atoms with Gasteiger partial charge in [0.15, 0.2) is 5.17 Å². The fourth-order valence-electron chi connectivity index (χ4n) is 3.99. The van der Waals surface area contributed by atoms with Crippen LogP contribution in [0, 0.1) is 0 Å². The molecule has 1 saturated heterocycles. The summed E-state index contributed by atoms with van der Waals surface area (Å²) in [4.78, 5) is 20.7. The lowest BCUT2D eigenvalue weighted by atomic mass is 10.2. The number of ether oxygens (including phenoxy) is 1. The number of amidine groups is 1. The topological polar surface area (TPSA) is 41.9 Å². The lowest BCUT2D eigenvalue weighted by Crippen LogP contribution is -2.28. The van der Waals surface area contributed by atoms with Crippen molar-refractivity contribution in [3.8, 4) is 5.75 Å². The molecule has 196 valence electrons. The van der Waals surface area contributed by atoms with E-state index in [1.54, 1.807) is 4.90 Å². The second-order valence-corrected chi connectivity index (χ2v) is 11.9. The van der Waals surface area contributed by atoms with Crippen LogP contribution in [0.15, 0.2) is 116 Å². The van der Waals surface area contributed by atoms with Gasteiger partial charge < -0.3 is 4.74 Å². The molecule has 39 heavy (non-hydrogen) atoms. The predicted molar refractivity (Wildman–Crippen MR) is 168 cm³/mol. The van der Waals surface area contributed by atoms with Gasteiger partial charge in [0.25, 0.3) is 5.91 Å². The van der Waals surface area contributed by atoms with Crippen LogP contribution in [-0.4, -0.2) is 16.0 Å². The summed E-state index contributed by atoms with van der Waals surface area (Å²) in [7, 11) is 0. The van der Waals surface area contributed by atoms with Crippen molar-refractivity contribution in [2.24, 2.45) is 4.99 Å². The number of halogens is 3. The monoisotopic (exact) mass is 680 g/mol. The van der Waals surface area contributed by atoms with E-state index in [9.17, 15) is 4.79 Å². The molecule has 0 aliphatic carbocycles. The highest BCUT2D eigenvalue weighted by Gasteiger charge is 2.33. The number of hydrogen-bond donors (Lipinski definition) is 0. The van der Waals surface area contributed by atoms with Gasteiger partial charge in [-0.3, -0.25) is 14.7 Å². The van der Waals surface area contributed by atoms with Gasteiger partial charge in [-0.15, -0.1) is 0 Å². The van der Waals surface area contributed by atoms with Crippen LogP contribution < -0.4 is 4.74 Å². The maximum Gasteiger partial charge on any atom is 0.267 e. The number of rotatable bonds is 8. The first kappa shape index (κ1) is 27.7. The van der Waals surface area contributed by atoms with E-state index in [4.69, 9.17) is 21.3 Å². The second-order valence-electron chi connectivity index (χ2n) is 8.77. The van der Waals surface area contributed by atoms with Gasteiger partial charge in [-0.25, -0.2) is 0 Å². The van der Waals surface area contributed by atoms with Gasteiger partial charge in [0.1, 0.15) is 12.4 Å². The van der Waals surface area contributed by atoms with Gasteiger partial charge in [0, 0.05) is 10.6 Å². The first-order valence-corrected chi connectivity index (χ1v) is 14.9. The first-order valence-electron chi connectivity index (χ1n) is 12.2. The molecular weight excluding hydrogens is 660 g/mol. The van der Waals surface area contributed by atoms with Crippen LogP contribution in [0.4, 0.5) is 0 Å². The van der Waals surface area contributed by atoms with Crippen molar-refractivity contribution in [1.29, 1.82) is 0 Å². The molecule has 0 atom stereocenters. The molecule has 0 aromatic heterocycles. The minimum absolute atomic E-state index is 0.0676. The number of nitrogens with zero attached hydrogens (tertiary/aromatic N) is 2. The molecular formula is C31H23Br2ClN2O2S. The van der Waals surface area contributed by atoms with Gasteiger partial charge in [0.2, 0.25) is 0 Å². The summed E-state index contributed by atoms with van der Waals surface area (Å²) in [5, 5.41) is 1.35. The fourth-order valence-corrected chi connectivity index (χ4v) is 6.61. The van der Waals surface area contributed by atoms with Gasteiger partial charge in [0.05, 0.1) is 26.9 Å². The van der Waals surface area contributed by atoms with Crippen molar-refractivity contribution >= 4 is 72.4 Å². The van der Waals surface area contributed by atoms with E-state index in [1.807, 2.05) is 103 Å². The van der Waals surface area contributed by atoms with Gasteiger partial charge in [-0.1, -0.05) is 90.5 Å². The molecule has 0 unspecified atom stereocenters. The van der Waals surface area contributed by atoms with Crippen LogP contribution in [0.2, 0.25) is 5.02 Å². The second kappa shape index (κ2) is 13.0. The van der Waals surface area contributed by atoms with Crippen molar-refractivity contribution < 1.29 is 9.53 Å². The summed E-state index contributed by atoms with van der Waals surface area (Å²) < 4.78 is 7.59. The van der Waals surface area contributed by atoms with E-state index in [1.165, 1.54) is 11.8 Å². The Hall–Kier alpha value is -2.84. The molecule has 4 aromatic rings. The third-order valence-electron chi connectivity index (χ3n) is 5.96. The number of aliphatic imine (C=N–C) groups is 1. The molecule has 1 fully saturated rings. The minimum atomic E-state index is -0.0676. The van der Waals surface area contributed by atoms with Gasteiger partial charge >= 0.3 is 0 Å². The number of amides is 1. The molecule has 4 aromatic carbocycles.